The van der Waals surface area contributed by atoms with E-state index in [1.54, 1.807) is 0 Å². The van der Waals surface area contributed by atoms with Gasteiger partial charge in [0.05, 0.1) is 34.9 Å². The molecule has 0 aliphatic carbocycles. The molecule has 0 atom stereocenters. The van der Waals surface area contributed by atoms with E-state index in [1.165, 1.54) is 19.2 Å². The molecule has 0 fully saturated rings. The molecule has 0 bridgehead atoms. The van der Waals surface area contributed by atoms with Crippen molar-refractivity contribution >= 4 is 68.5 Å². The first-order valence-corrected chi connectivity index (χ1v) is 16.4. The van der Waals surface area contributed by atoms with Crippen molar-refractivity contribution < 1.29 is 142 Å². The molecule has 224 valence electrons. The quantitative estimate of drug-likeness (QED) is 0.107. The van der Waals surface area contributed by atoms with Crippen LogP contribution in [0.5, 0.6) is 11.5 Å². The Bertz CT molecular complexity index is 1990. The van der Waals surface area contributed by atoms with Crippen molar-refractivity contribution in [2.24, 2.45) is 10.2 Å². The van der Waals surface area contributed by atoms with Gasteiger partial charge in [-0.05, 0) is 41.8 Å². The average molecular weight is 716 g/mol. The van der Waals surface area contributed by atoms with E-state index in [0.29, 0.717) is 4.31 Å². The monoisotopic (exact) mass is 715 g/mol. The smallest absolute Gasteiger partial charge is 0.744 e. The molecule has 0 heterocycles. The van der Waals surface area contributed by atoms with Crippen molar-refractivity contribution in [3.05, 3.63) is 42.5 Å². The minimum absolute atomic E-state index is 0. The predicted molar refractivity (Wildman–Crippen MR) is 138 cm³/mol. The third kappa shape index (κ3) is 10.4. The predicted octanol–water partition coefficient (Wildman–Crippen LogP) is -4.63. The molecular formula is C20H19KN3NaO14S4. The topological polar surface area (TPSA) is 270 Å². The molecule has 0 unspecified atom stereocenters. The third-order valence-corrected chi connectivity index (χ3v) is 9.26. The molecule has 3 aromatic rings. The number of sulfonamides is 1. The SMILES string of the molecule is COc1ccc(N=Nc2c(S(=O)(=O)[O-])cc3ccc(N(C)S(=O)(=O)CCOS(=O)(=O)O)cc3c2O)c(S(=O)(=O)[O-])c1.[K+].[Na+]. The van der Waals surface area contributed by atoms with Gasteiger partial charge in [0.2, 0.25) is 10.0 Å². The molecule has 0 saturated heterocycles. The third-order valence-electron chi connectivity index (χ3n) is 5.35. The minimum atomic E-state index is -5.33. The summed E-state index contributed by atoms with van der Waals surface area (Å²) in [5.41, 5.74) is -1.65. The van der Waals surface area contributed by atoms with E-state index >= 15 is 0 Å². The van der Waals surface area contributed by atoms with Gasteiger partial charge in [-0.25, -0.2) is 29.4 Å². The summed E-state index contributed by atoms with van der Waals surface area (Å²) in [5, 5.41) is 17.7. The van der Waals surface area contributed by atoms with E-state index in [9.17, 15) is 47.9 Å². The van der Waals surface area contributed by atoms with Crippen LogP contribution in [0.4, 0.5) is 17.1 Å². The van der Waals surface area contributed by atoms with Gasteiger partial charge in [0.25, 0.3) is 0 Å². The Labute approximate surface area is 311 Å². The van der Waals surface area contributed by atoms with Crippen molar-refractivity contribution in [2.75, 3.05) is 30.8 Å². The van der Waals surface area contributed by atoms with E-state index in [4.69, 9.17) is 9.29 Å². The van der Waals surface area contributed by atoms with E-state index < -0.39 is 79.9 Å². The maximum atomic E-state index is 12.6. The standard InChI is InChI=1S/C20H21N3O14S4.K.Na/c1-23(38(25,26)8-7-37-41(33,34)35)13-4-3-12-9-18(40(30,31)32)19(20(24)15(12)10-13)22-21-16-6-5-14(36-2)11-17(16)39(27,28)29;;/h3-6,9-11,24H,7-8H2,1-2H3,(H,27,28,29)(H,30,31,32)(H,33,34,35);;/q;2*+1/p-2. The van der Waals surface area contributed by atoms with Gasteiger partial charge in [0.15, 0.2) is 5.75 Å². The van der Waals surface area contributed by atoms with Gasteiger partial charge >= 0.3 is 91.3 Å². The Morgan fingerprint density at radius 1 is 0.884 bits per heavy atom. The first-order valence-electron chi connectivity index (χ1n) is 10.6. The van der Waals surface area contributed by atoms with Gasteiger partial charge in [0, 0.05) is 12.4 Å². The number of methoxy groups -OCH3 is 1. The van der Waals surface area contributed by atoms with E-state index in [0.717, 1.165) is 37.4 Å². The number of aromatic hydroxyl groups is 1. The van der Waals surface area contributed by atoms with Gasteiger partial charge in [-0.2, -0.15) is 8.42 Å². The summed E-state index contributed by atoms with van der Waals surface area (Å²) < 4.78 is 136. The number of anilines is 1. The number of benzene rings is 3. The summed E-state index contributed by atoms with van der Waals surface area (Å²) in [7, 11) is -17.4. The first-order chi connectivity index (χ1) is 18.7. The van der Waals surface area contributed by atoms with Crippen LogP contribution in [0.3, 0.4) is 0 Å². The number of rotatable bonds is 11. The molecule has 0 spiro atoms. The van der Waals surface area contributed by atoms with Crippen LogP contribution in [-0.2, 0) is 44.8 Å². The van der Waals surface area contributed by atoms with Crippen molar-refractivity contribution in [3.63, 3.8) is 0 Å². The van der Waals surface area contributed by atoms with Crippen LogP contribution >= 0.6 is 0 Å². The molecule has 3 rings (SSSR count). The number of nitrogens with zero attached hydrogens (tertiary/aromatic N) is 3. The molecule has 0 saturated carbocycles. The number of fused-ring (bicyclic) bond motifs is 1. The number of azo groups is 1. The fourth-order valence-corrected chi connectivity index (χ4v) is 6.04. The zero-order chi connectivity index (χ0) is 31.0. The van der Waals surface area contributed by atoms with Crippen LogP contribution in [0.25, 0.3) is 10.8 Å². The summed E-state index contributed by atoms with van der Waals surface area (Å²) in [6, 6.07) is 7.24. The summed E-state index contributed by atoms with van der Waals surface area (Å²) in [6.07, 6.45) is 0. The first kappa shape index (κ1) is 40.2. The Balaban J connectivity index is 0.00000462. The van der Waals surface area contributed by atoms with Crippen LogP contribution < -0.4 is 90.0 Å². The molecule has 2 N–H and O–H groups in total. The number of phenolic OH excluding ortho intramolecular Hbond substituents is 1. The molecule has 0 aliphatic heterocycles. The molecule has 17 nitrogen and oxygen atoms in total. The molecule has 23 heteroatoms. The number of phenols is 1. The molecule has 0 aliphatic rings. The summed E-state index contributed by atoms with van der Waals surface area (Å²) in [4.78, 5) is -1.97. The molecule has 0 radical (unpaired) electrons. The maximum Gasteiger partial charge on any atom is 1.00 e. The average Bonchev–Trinajstić information content (AvgIpc) is 2.85. The molecule has 3 aromatic carbocycles. The van der Waals surface area contributed by atoms with Crippen LogP contribution in [0.2, 0.25) is 0 Å². The van der Waals surface area contributed by atoms with Gasteiger partial charge in [0.1, 0.15) is 37.4 Å². The second kappa shape index (κ2) is 15.2. The molecule has 43 heavy (non-hydrogen) atoms. The summed E-state index contributed by atoms with van der Waals surface area (Å²) in [6.45, 7) is -0.925. The molecular weight excluding hydrogens is 697 g/mol. The number of hydrogen-bond acceptors (Lipinski definition) is 15. The van der Waals surface area contributed by atoms with Crippen molar-refractivity contribution in [3.8, 4) is 11.5 Å². The van der Waals surface area contributed by atoms with Crippen LogP contribution in [0, 0.1) is 0 Å². The van der Waals surface area contributed by atoms with Gasteiger partial charge in [-0.1, -0.05) is 6.07 Å². The van der Waals surface area contributed by atoms with Gasteiger partial charge < -0.3 is 18.9 Å². The summed E-state index contributed by atoms with van der Waals surface area (Å²) >= 11 is 0. The van der Waals surface area contributed by atoms with Crippen LogP contribution in [-0.4, -0.2) is 79.0 Å². The maximum absolute atomic E-state index is 12.6. The fourth-order valence-electron chi connectivity index (χ4n) is 3.36. The number of hydrogen-bond donors (Lipinski definition) is 2. The Hall–Kier alpha value is -0.804. The Kier molecular flexibility index (Phi) is 14.2. The fraction of sp³-hybridized carbons (Fsp3) is 0.200. The van der Waals surface area contributed by atoms with E-state index in [-0.39, 0.29) is 103 Å². The normalized spacial score (nSPS) is 12.5. The zero-order valence-electron chi connectivity index (χ0n) is 22.7. The second-order valence-electron chi connectivity index (χ2n) is 7.95. The van der Waals surface area contributed by atoms with E-state index in [1.807, 2.05) is 0 Å². The van der Waals surface area contributed by atoms with Gasteiger partial charge in [-0.3, -0.25) is 8.86 Å². The van der Waals surface area contributed by atoms with Crippen molar-refractivity contribution in [1.29, 1.82) is 0 Å². The van der Waals surface area contributed by atoms with Crippen molar-refractivity contribution in [2.45, 2.75) is 9.79 Å². The minimum Gasteiger partial charge on any atom is -0.744 e. The van der Waals surface area contributed by atoms with Gasteiger partial charge in [-0.15, -0.1) is 10.2 Å². The van der Waals surface area contributed by atoms with E-state index in [2.05, 4.69) is 14.4 Å². The largest absolute Gasteiger partial charge is 1.00 e. The van der Waals surface area contributed by atoms with Crippen LogP contribution in [0.15, 0.2) is 62.5 Å². The number of ether oxygens (including phenoxy) is 1. The molecule has 0 amide bonds. The van der Waals surface area contributed by atoms with Crippen molar-refractivity contribution in [1.82, 2.24) is 0 Å². The summed E-state index contributed by atoms with van der Waals surface area (Å²) in [5.74, 6) is -1.90. The Morgan fingerprint density at radius 2 is 1.49 bits per heavy atom. The second-order valence-corrected chi connectivity index (χ2v) is 13.9. The van der Waals surface area contributed by atoms with Crippen LogP contribution in [0.1, 0.15) is 0 Å². The Morgan fingerprint density at radius 3 is 2.02 bits per heavy atom. The molecule has 0 aromatic heterocycles. The zero-order valence-corrected chi connectivity index (χ0v) is 31.1.